The first kappa shape index (κ1) is 15.3. The molecule has 0 fully saturated rings. The van der Waals surface area contributed by atoms with Crippen molar-refractivity contribution in [1.82, 2.24) is 0 Å². The molecule has 0 bridgehead atoms. The fourth-order valence-corrected chi connectivity index (χ4v) is 2.62. The summed E-state index contributed by atoms with van der Waals surface area (Å²) in [5.41, 5.74) is 7.22. The highest BCUT2D eigenvalue weighted by atomic mass is 79.9. The Morgan fingerprint density at radius 2 is 2.04 bits per heavy atom. The van der Waals surface area contributed by atoms with Crippen LogP contribution in [0.5, 0.6) is 5.75 Å². The molecule has 0 saturated heterocycles. The molecule has 3 rings (SSSR count). The highest BCUT2D eigenvalue weighted by Gasteiger charge is 2.10. The molecule has 5 nitrogen and oxygen atoms in total. The summed E-state index contributed by atoms with van der Waals surface area (Å²) < 4.78 is 11.4. The van der Waals surface area contributed by atoms with Crippen molar-refractivity contribution in [2.45, 2.75) is 0 Å². The number of nitrogens with zero attached hydrogens (tertiary/aromatic N) is 1. The standard InChI is InChI=1S/C17H13BrN2O3/c1-22-15-8-12(18)6-11-7-14(17(21)23-16(11)15)20-9-10-4-2-3-5-13(10)19/h2-9H,19H2,1H3. The maximum absolute atomic E-state index is 12.1. The number of ether oxygens (including phenoxy) is 1. The number of fused-ring (bicyclic) bond motifs is 1. The van der Waals surface area contributed by atoms with Crippen LogP contribution >= 0.6 is 15.9 Å². The molecule has 0 aliphatic heterocycles. The Balaban J connectivity index is 2.10. The SMILES string of the molecule is COc1cc(Br)cc2cc(N=Cc3ccccc3N)c(=O)oc12. The van der Waals surface area contributed by atoms with Crippen LogP contribution in [-0.4, -0.2) is 13.3 Å². The van der Waals surface area contributed by atoms with Crippen LogP contribution < -0.4 is 16.1 Å². The summed E-state index contributed by atoms with van der Waals surface area (Å²) in [4.78, 5) is 16.3. The Kier molecular flexibility index (Phi) is 4.16. The third-order valence-electron chi connectivity index (χ3n) is 3.30. The molecule has 2 aromatic carbocycles. The first-order valence-electron chi connectivity index (χ1n) is 6.78. The zero-order valence-electron chi connectivity index (χ0n) is 12.2. The van der Waals surface area contributed by atoms with Crippen molar-refractivity contribution >= 4 is 44.5 Å². The van der Waals surface area contributed by atoms with Gasteiger partial charge in [-0.05, 0) is 24.3 Å². The molecule has 116 valence electrons. The number of methoxy groups -OCH3 is 1. The van der Waals surface area contributed by atoms with Gasteiger partial charge in [0.15, 0.2) is 11.3 Å². The molecular weight excluding hydrogens is 360 g/mol. The predicted molar refractivity (Wildman–Crippen MR) is 94.8 cm³/mol. The molecule has 0 radical (unpaired) electrons. The van der Waals surface area contributed by atoms with E-state index >= 15 is 0 Å². The molecule has 0 aliphatic rings. The van der Waals surface area contributed by atoms with E-state index in [9.17, 15) is 4.79 Å². The second-order valence-corrected chi connectivity index (χ2v) is 5.75. The van der Waals surface area contributed by atoms with E-state index in [1.54, 1.807) is 24.4 Å². The maximum Gasteiger partial charge on any atom is 0.362 e. The molecule has 1 heterocycles. The molecule has 0 amide bonds. The van der Waals surface area contributed by atoms with E-state index in [2.05, 4.69) is 20.9 Å². The van der Waals surface area contributed by atoms with Crippen LogP contribution in [0.2, 0.25) is 0 Å². The van der Waals surface area contributed by atoms with Gasteiger partial charge in [0.05, 0.1) is 7.11 Å². The lowest BCUT2D eigenvalue weighted by molar-refractivity contribution is 0.406. The van der Waals surface area contributed by atoms with Crippen LogP contribution in [0.3, 0.4) is 0 Å². The Morgan fingerprint density at radius 1 is 1.26 bits per heavy atom. The second kappa shape index (κ2) is 6.26. The molecule has 0 unspecified atom stereocenters. The lowest BCUT2D eigenvalue weighted by atomic mass is 10.2. The van der Waals surface area contributed by atoms with E-state index in [0.29, 0.717) is 22.4 Å². The third kappa shape index (κ3) is 3.12. The van der Waals surface area contributed by atoms with Crippen LogP contribution in [0.4, 0.5) is 11.4 Å². The number of rotatable bonds is 3. The second-order valence-electron chi connectivity index (χ2n) is 4.83. The van der Waals surface area contributed by atoms with Crippen molar-refractivity contribution in [2.75, 3.05) is 12.8 Å². The average molecular weight is 373 g/mol. The number of halogens is 1. The highest BCUT2D eigenvalue weighted by molar-refractivity contribution is 9.10. The molecule has 1 aromatic heterocycles. The summed E-state index contributed by atoms with van der Waals surface area (Å²) in [5.74, 6) is 0.481. The van der Waals surface area contributed by atoms with Crippen molar-refractivity contribution in [3.8, 4) is 5.75 Å². The zero-order valence-corrected chi connectivity index (χ0v) is 13.8. The van der Waals surface area contributed by atoms with Gasteiger partial charge in [0.2, 0.25) is 0 Å². The number of nitrogens with two attached hydrogens (primary N) is 1. The van der Waals surface area contributed by atoms with Crippen LogP contribution in [-0.2, 0) is 0 Å². The summed E-state index contributed by atoms with van der Waals surface area (Å²) in [6.45, 7) is 0. The fourth-order valence-electron chi connectivity index (χ4n) is 2.17. The predicted octanol–water partition coefficient (Wildman–Crippen LogP) is 3.90. The van der Waals surface area contributed by atoms with Gasteiger partial charge in [-0.1, -0.05) is 34.1 Å². The van der Waals surface area contributed by atoms with Gasteiger partial charge in [-0.15, -0.1) is 0 Å². The van der Waals surface area contributed by atoms with E-state index in [1.165, 1.54) is 7.11 Å². The Hall–Kier alpha value is -2.60. The van der Waals surface area contributed by atoms with Crippen molar-refractivity contribution in [1.29, 1.82) is 0 Å². The van der Waals surface area contributed by atoms with Crippen molar-refractivity contribution in [3.05, 3.63) is 62.9 Å². The van der Waals surface area contributed by atoms with E-state index < -0.39 is 5.63 Å². The van der Waals surface area contributed by atoms with Gasteiger partial charge < -0.3 is 14.9 Å². The van der Waals surface area contributed by atoms with E-state index in [-0.39, 0.29) is 5.69 Å². The largest absolute Gasteiger partial charge is 0.493 e. The first-order valence-corrected chi connectivity index (χ1v) is 7.58. The lowest BCUT2D eigenvalue weighted by Gasteiger charge is -2.05. The molecule has 2 N–H and O–H groups in total. The Bertz CT molecular complexity index is 964. The summed E-state index contributed by atoms with van der Waals surface area (Å²) in [7, 11) is 1.52. The van der Waals surface area contributed by atoms with Crippen LogP contribution in [0.25, 0.3) is 11.0 Å². The molecule has 0 aliphatic carbocycles. The maximum atomic E-state index is 12.1. The smallest absolute Gasteiger partial charge is 0.362 e. The molecule has 23 heavy (non-hydrogen) atoms. The van der Waals surface area contributed by atoms with Crippen molar-refractivity contribution in [3.63, 3.8) is 0 Å². The van der Waals surface area contributed by atoms with Crippen LogP contribution in [0.15, 0.2) is 61.1 Å². The Morgan fingerprint density at radius 3 is 2.78 bits per heavy atom. The summed E-state index contributed by atoms with van der Waals surface area (Å²) >= 11 is 3.40. The minimum Gasteiger partial charge on any atom is -0.493 e. The number of anilines is 1. The number of hydrogen-bond acceptors (Lipinski definition) is 5. The van der Waals surface area contributed by atoms with E-state index in [4.69, 9.17) is 14.9 Å². The van der Waals surface area contributed by atoms with E-state index in [1.807, 2.05) is 24.3 Å². The van der Waals surface area contributed by atoms with Gasteiger partial charge in [-0.3, -0.25) is 0 Å². The van der Waals surface area contributed by atoms with Crippen LogP contribution in [0.1, 0.15) is 5.56 Å². The summed E-state index contributed by atoms with van der Waals surface area (Å²) in [6, 6.07) is 12.5. The first-order chi connectivity index (χ1) is 11.1. The number of hydrogen-bond donors (Lipinski definition) is 1. The van der Waals surface area contributed by atoms with Crippen molar-refractivity contribution in [2.24, 2.45) is 4.99 Å². The van der Waals surface area contributed by atoms with Gasteiger partial charge in [0, 0.05) is 27.3 Å². The van der Waals surface area contributed by atoms with Crippen LogP contribution in [0, 0.1) is 0 Å². The monoisotopic (exact) mass is 372 g/mol. The summed E-state index contributed by atoms with van der Waals surface area (Å²) in [5, 5.41) is 0.712. The average Bonchev–Trinajstić information content (AvgIpc) is 2.54. The molecule has 6 heteroatoms. The number of para-hydroxylation sites is 1. The van der Waals surface area contributed by atoms with E-state index in [0.717, 1.165) is 10.0 Å². The number of nitrogen functional groups attached to an aromatic ring is 1. The van der Waals surface area contributed by atoms with Gasteiger partial charge in [0.1, 0.15) is 5.69 Å². The van der Waals surface area contributed by atoms with Gasteiger partial charge in [-0.2, -0.15) is 0 Å². The lowest BCUT2D eigenvalue weighted by Crippen LogP contribution is -2.00. The fraction of sp³-hybridized carbons (Fsp3) is 0.0588. The Labute approximate surface area is 140 Å². The summed E-state index contributed by atoms with van der Waals surface area (Å²) in [6.07, 6.45) is 1.54. The quantitative estimate of drug-likeness (QED) is 0.429. The topological polar surface area (TPSA) is 77.8 Å². The van der Waals surface area contributed by atoms with Crippen molar-refractivity contribution < 1.29 is 9.15 Å². The zero-order chi connectivity index (χ0) is 16.4. The molecular formula is C17H13BrN2O3. The molecule has 0 atom stereocenters. The highest BCUT2D eigenvalue weighted by Crippen LogP contribution is 2.30. The van der Waals surface area contributed by atoms with Gasteiger partial charge >= 0.3 is 5.63 Å². The minimum atomic E-state index is -0.538. The minimum absolute atomic E-state index is 0.195. The normalized spacial score (nSPS) is 11.2. The number of benzene rings is 2. The molecule has 3 aromatic rings. The number of aliphatic imine (C=N–C) groups is 1. The van der Waals surface area contributed by atoms with Gasteiger partial charge in [-0.25, -0.2) is 9.79 Å². The van der Waals surface area contributed by atoms with Gasteiger partial charge in [0.25, 0.3) is 0 Å². The third-order valence-corrected chi connectivity index (χ3v) is 3.76. The molecule has 0 spiro atoms. The molecule has 0 saturated carbocycles.